The Hall–Kier alpha value is -0.240. The molecule has 0 bridgehead atoms. The summed E-state index contributed by atoms with van der Waals surface area (Å²) in [7, 11) is 0. The van der Waals surface area contributed by atoms with E-state index in [0.29, 0.717) is 0 Å². The van der Waals surface area contributed by atoms with Gasteiger partial charge in [-0.25, -0.2) is 0 Å². The SMILES string of the molecule is CC1(C)OC(C(=O)Cl)C([C@H]2OC(C)(C)O[C@@H]2C(=O)Cl)O1. The largest absolute Gasteiger partial charge is 0.341 e. The molecular formula is C12H16Cl2O6. The summed E-state index contributed by atoms with van der Waals surface area (Å²) in [5, 5.41) is -1.45. The monoisotopic (exact) mass is 326 g/mol. The highest BCUT2D eigenvalue weighted by Crippen LogP contribution is 2.39. The van der Waals surface area contributed by atoms with Crippen molar-refractivity contribution < 1.29 is 28.5 Å². The molecule has 2 aliphatic rings. The Balaban J connectivity index is 2.28. The lowest BCUT2D eigenvalue weighted by molar-refractivity contribution is -0.175. The summed E-state index contributed by atoms with van der Waals surface area (Å²) in [4.78, 5) is 23.0. The molecule has 0 radical (unpaired) electrons. The third-order valence-corrected chi connectivity index (χ3v) is 3.46. The topological polar surface area (TPSA) is 71.1 Å². The van der Waals surface area contributed by atoms with Crippen molar-refractivity contribution in [3.05, 3.63) is 0 Å². The Morgan fingerprint density at radius 2 is 1.05 bits per heavy atom. The third-order valence-electron chi connectivity index (χ3n) is 3.03. The molecule has 0 aliphatic carbocycles. The van der Waals surface area contributed by atoms with Gasteiger partial charge < -0.3 is 18.9 Å². The zero-order valence-electron chi connectivity index (χ0n) is 11.5. The fourth-order valence-corrected chi connectivity index (χ4v) is 2.75. The molecule has 114 valence electrons. The standard InChI is InChI=1S/C12H16Cl2O6/c1-11(2)17-5(7(19-11)9(13)15)6-8(10(14)16)20-12(3,4)18-6/h5-8H,1-4H3/t5-,6?,7+,8?/m1/s1. The van der Waals surface area contributed by atoms with Crippen LogP contribution in [0.5, 0.6) is 0 Å². The fourth-order valence-electron chi connectivity index (χ4n) is 2.41. The Morgan fingerprint density at radius 3 is 1.30 bits per heavy atom. The van der Waals surface area contributed by atoms with Gasteiger partial charge in [0.25, 0.3) is 10.5 Å². The van der Waals surface area contributed by atoms with Gasteiger partial charge in [0.2, 0.25) is 0 Å². The summed E-state index contributed by atoms with van der Waals surface area (Å²) < 4.78 is 22.1. The molecule has 0 spiro atoms. The van der Waals surface area contributed by atoms with Gasteiger partial charge in [0.15, 0.2) is 23.8 Å². The molecule has 8 heteroatoms. The maximum absolute atomic E-state index is 11.5. The fraction of sp³-hybridized carbons (Fsp3) is 0.833. The van der Waals surface area contributed by atoms with Crippen LogP contribution >= 0.6 is 23.2 Å². The molecular weight excluding hydrogens is 311 g/mol. The van der Waals surface area contributed by atoms with Crippen LogP contribution in [0, 0.1) is 0 Å². The predicted octanol–water partition coefficient (Wildman–Crippen LogP) is 1.56. The van der Waals surface area contributed by atoms with Gasteiger partial charge in [0, 0.05) is 0 Å². The molecule has 0 aromatic rings. The molecule has 2 heterocycles. The minimum atomic E-state index is -1.05. The van der Waals surface area contributed by atoms with E-state index in [0.717, 1.165) is 0 Å². The highest BCUT2D eigenvalue weighted by molar-refractivity contribution is 6.65. The van der Waals surface area contributed by atoms with Gasteiger partial charge in [-0.1, -0.05) is 0 Å². The van der Waals surface area contributed by atoms with Crippen molar-refractivity contribution in [3.8, 4) is 0 Å². The van der Waals surface area contributed by atoms with Crippen LogP contribution in [0.15, 0.2) is 0 Å². The van der Waals surface area contributed by atoms with Gasteiger partial charge in [-0.3, -0.25) is 9.59 Å². The number of carbonyl (C=O) groups excluding carboxylic acids is 2. The highest BCUT2D eigenvalue weighted by atomic mass is 35.5. The zero-order chi connectivity index (χ0) is 15.3. The second-order valence-corrected chi connectivity index (χ2v) is 6.39. The van der Waals surface area contributed by atoms with Gasteiger partial charge in [-0.15, -0.1) is 0 Å². The summed E-state index contributed by atoms with van der Waals surface area (Å²) in [6, 6.07) is 0. The van der Waals surface area contributed by atoms with E-state index < -0.39 is 46.5 Å². The second kappa shape index (κ2) is 5.19. The summed E-state index contributed by atoms with van der Waals surface area (Å²) in [6.07, 6.45) is -3.84. The van der Waals surface area contributed by atoms with Crippen molar-refractivity contribution in [1.29, 1.82) is 0 Å². The molecule has 0 N–H and O–H groups in total. The van der Waals surface area contributed by atoms with Gasteiger partial charge in [-0.05, 0) is 50.9 Å². The van der Waals surface area contributed by atoms with Gasteiger partial charge in [0.1, 0.15) is 12.2 Å². The van der Waals surface area contributed by atoms with Gasteiger partial charge >= 0.3 is 0 Å². The lowest BCUT2D eigenvalue weighted by atomic mass is 10.0. The van der Waals surface area contributed by atoms with Crippen molar-refractivity contribution in [2.24, 2.45) is 0 Å². The predicted molar refractivity (Wildman–Crippen MR) is 69.4 cm³/mol. The molecule has 2 saturated heterocycles. The van der Waals surface area contributed by atoms with E-state index in [9.17, 15) is 9.59 Å². The first-order chi connectivity index (χ1) is 9.02. The minimum Gasteiger partial charge on any atom is -0.341 e. The van der Waals surface area contributed by atoms with E-state index in [4.69, 9.17) is 42.1 Å². The molecule has 2 aliphatic heterocycles. The first kappa shape index (κ1) is 16.1. The maximum Gasteiger partial charge on any atom is 0.253 e. The minimum absolute atomic E-state index is 0.727. The lowest BCUT2D eigenvalue weighted by Crippen LogP contribution is -2.45. The van der Waals surface area contributed by atoms with Crippen LogP contribution in [0.3, 0.4) is 0 Å². The van der Waals surface area contributed by atoms with E-state index in [1.54, 1.807) is 27.7 Å². The quantitative estimate of drug-likeness (QED) is 0.733. The Morgan fingerprint density at radius 1 is 0.750 bits per heavy atom. The Kier molecular flexibility index (Phi) is 4.19. The number of hydrogen-bond acceptors (Lipinski definition) is 6. The Labute approximate surface area is 126 Å². The van der Waals surface area contributed by atoms with E-state index in [2.05, 4.69) is 0 Å². The van der Waals surface area contributed by atoms with Crippen LogP contribution < -0.4 is 0 Å². The van der Waals surface area contributed by atoms with Crippen molar-refractivity contribution in [1.82, 2.24) is 0 Å². The van der Waals surface area contributed by atoms with E-state index in [-0.39, 0.29) is 0 Å². The van der Waals surface area contributed by atoms with Crippen molar-refractivity contribution in [2.75, 3.05) is 0 Å². The molecule has 20 heavy (non-hydrogen) atoms. The summed E-state index contributed by atoms with van der Waals surface area (Å²) in [5.41, 5.74) is 0. The molecule has 2 fully saturated rings. The normalized spacial score (nSPS) is 38.9. The second-order valence-electron chi connectivity index (χ2n) is 5.65. The highest BCUT2D eigenvalue weighted by Gasteiger charge is 2.57. The van der Waals surface area contributed by atoms with Crippen molar-refractivity contribution in [2.45, 2.75) is 63.7 Å². The van der Waals surface area contributed by atoms with Gasteiger partial charge in [0.05, 0.1) is 0 Å². The van der Waals surface area contributed by atoms with Crippen LogP contribution in [0.25, 0.3) is 0 Å². The van der Waals surface area contributed by atoms with Crippen LogP contribution in [0.4, 0.5) is 0 Å². The molecule has 2 rings (SSSR count). The molecule has 0 aromatic carbocycles. The Bertz CT molecular complexity index is 396. The smallest absolute Gasteiger partial charge is 0.253 e. The molecule has 6 nitrogen and oxygen atoms in total. The van der Waals surface area contributed by atoms with Crippen LogP contribution in [0.1, 0.15) is 27.7 Å². The van der Waals surface area contributed by atoms with E-state index >= 15 is 0 Å². The first-order valence-corrected chi connectivity index (χ1v) is 6.88. The number of hydrogen-bond donors (Lipinski definition) is 0. The molecule has 4 atom stereocenters. The number of halogens is 2. The maximum atomic E-state index is 11.5. The summed E-state index contributed by atoms with van der Waals surface area (Å²) in [5.74, 6) is -2.04. The van der Waals surface area contributed by atoms with Crippen molar-refractivity contribution in [3.63, 3.8) is 0 Å². The van der Waals surface area contributed by atoms with E-state index in [1.807, 2.05) is 0 Å². The average molecular weight is 327 g/mol. The molecule has 0 saturated carbocycles. The third kappa shape index (κ3) is 3.16. The van der Waals surface area contributed by atoms with Crippen LogP contribution in [-0.4, -0.2) is 46.5 Å². The average Bonchev–Trinajstić information content (AvgIpc) is 2.75. The first-order valence-electron chi connectivity index (χ1n) is 6.12. The van der Waals surface area contributed by atoms with Crippen molar-refractivity contribution >= 4 is 33.7 Å². The van der Waals surface area contributed by atoms with Crippen LogP contribution in [0.2, 0.25) is 0 Å². The number of rotatable bonds is 3. The number of carbonyl (C=O) groups is 2. The molecule has 2 unspecified atom stereocenters. The van der Waals surface area contributed by atoms with Crippen LogP contribution in [-0.2, 0) is 28.5 Å². The zero-order valence-corrected chi connectivity index (χ0v) is 13.0. The lowest BCUT2D eigenvalue weighted by Gasteiger charge is -2.23. The summed E-state index contributed by atoms with van der Waals surface area (Å²) in [6.45, 7) is 6.55. The summed E-state index contributed by atoms with van der Waals surface area (Å²) >= 11 is 11.0. The number of ether oxygens (including phenoxy) is 4. The molecule has 0 amide bonds. The van der Waals surface area contributed by atoms with Gasteiger partial charge in [-0.2, -0.15) is 0 Å². The van der Waals surface area contributed by atoms with E-state index in [1.165, 1.54) is 0 Å². The molecule has 0 aromatic heterocycles.